The lowest BCUT2D eigenvalue weighted by atomic mass is 10.1. The van der Waals surface area contributed by atoms with Crippen LogP contribution in [0.5, 0.6) is 0 Å². The minimum atomic E-state index is 0.110. The quantitative estimate of drug-likeness (QED) is 0.648. The maximum atomic E-state index is 12.4. The fourth-order valence-corrected chi connectivity index (χ4v) is 3.36. The molecule has 122 valence electrons. The van der Waals surface area contributed by atoms with Crippen molar-refractivity contribution in [2.45, 2.75) is 32.1 Å². The molecule has 5 heteroatoms. The molecule has 0 radical (unpaired) electrons. The monoisotopic (exact) mass is 392 g/mol. The van der Waals surface area contributed by atoms with Crippen molar-refractivity contribution in [2.75, 3.05) is 17.2 Å². The first-order valence-electron chi connectivity index (χ1n) is 7.63. The number of carbonyl (C=O) groups excluding carboxylic acids is 1. The molecule has 0 unspecified atom stereocenters. The summed E-state index contributed by atoms with van der Waals surface area (Å²) in [5, 5.41) is 0. The Labute approximate surface area is 150 Å². The first-order valence-corrected chi connectivity index (χ1v) is 9.41. The lowest BCUT2D eigenvalue weighted by molar-refractivity contribution is -0.118. The van der Waals surface area contributed by atoms with Crippen molar-refractivity contribution in [1.82, 2.24) is 4.98 Å². The average Bonchev–Trinajstić information content (AvgIpc) is 2.53. The Morgan fingerprint density at radius 2 is 2.00 bits per heavy atom. The van der Waals surface area contributed by atoms with E-state index in [-0.39, 0.29) is 5.91 Å². The molecule has 0 aliphatic heterocycles. The Balaban J connectivity index is 1.92. The molecule has 3 nitrogen and oxygen atoms in total. The van der Waals surface area contributed by atoms with Crippen LogP contribution in [-0.4, -0.2) is 23.2 Å². The molecule has 0 aliphatic carbocycles. The number of aromatic nitrogens is 1. The highest BCUT2D eigenvalue weighted by Crippen LogP contribution is 2.22. The van der Waals surface area contributed by atoms with E-state index in [0.717, 1.165) is 10.2 Å². The van der Waals surface area contributed by atoms with Crippen LogP contribution in [0.3, 0.4) is 0 Å². The largest absolute Gasteiger partial charge is 0.297 e. The molecule has 2 aromatic rings. The molecule has 0 N–H and O–H groups in total. The van der Waals surface area contributed by atoms with Crippen molar-refractivity contribution in [3.8, 4) is 0 Å². The van der Waals surface area contributed by atoms with Crippen molar-refractivity contribution in [3.05, 3.63) is 52.1 Å². The predicted molar refractivity (Wildman–Crippen MR) is 101 cm³/mol. The van der Waals surface area contributed by atoms with E-state index >= 15 is 0 Å². The fourth-order valence-electron chi connectivity index (χ4n) is 2.19. The second-order valence-electron chi connectivity index (χ2n) is 5.32. The fraction of sp³-hybridized carbons (Fsp3) is 0.333. The second-order valence-corrected chi connectivity index (χ2v) is 7.40. The van der Waals surface area contributed by atoms with Crippen molar-refractivity contribution in [1.29, 1.82) is 0 Å². The summed E-state index contributed by atoms with van der Waals surface area (Å²) in [5.74, 6) is 1.59. The van der Waals surface area contributed by atoms with Gasteiger partial charge in [0.2, 0.25) is 5.91 Å². The van der Waals surface area contributed by atoms with E-state index in [1.807, 2.05) is 19.1 Å². The molecule has 1 aromatic heterocycles. The molecule has 2 rings (SSSR count). The number of benzene rings is 1. The van der Waals surface area contributed by atoms with Gasteiger partial charge in [-0.2, -0.15) is 0 Å². The van der Waals surface area contributed by atoms with E-state index in [4.69, 9.17) is 0 Å². The standard InChI is InChI=1S/C18H21BrN2OS/c1-4-21(17-8-6-15(19)12-20-17)18(22)9-10-23-16-7-5-13(2)14(3)11-16/h5-8,11-12H,4,9-10H2,1-3H3. The van der Waals surface area contributed by atoms with Gasteiger partial charge in [0, 0.05) is 34.3 Å². The topological polar surface area (TPSA) is 33.2 Å². The molecule has 0 aliphatic rings. The third kappa shape index (κ3) is 5.08. The van der Waals surface area contributed by atoms with E-state index in [2.05, 4.69) is 53.0 Å². The SMILES string of the molecule is CCN(C(=O)CCSc1ccc(C)c(C)c1)c1ccc(Br)cn1. The van der Waals surface area contributed by atoms with Gasteiger partial charge in [0.05, 0.1) is 0 Å². The van der Waals surface area contributed by atoms with Crippen LogP contribution in [0.15, 0.2) is 45.9 Å². The number of nitrogens with zero attached hydrogens (tertiary/aromatic N) is 2. The number of pyridine rings is 1. The second kappa shape index (κ2) is 8.50. The highest BCUT2D eigenvalue weighted by molar-refractivity contribution is 9.10. The summed E-state index contributed by atoms with van der Waals surface area (Å²) in [6.07, 6.45) is 2.22. The summed E-state index contributed by atoms with van der Waals surface area (Å²) in [6, 6.07) is 10.2. The Kier molecular flexibility index (Phi) is 6.66. The van der Waals surface area contributed by atoms with Gasteiger partial charge in [-0.3, -0.25) is 9.69 Å². The Hall–Kier alpha value is -1.33. The van der Waals surface area contributed by atoms with Gasteiger partial charge in [-0.1, -0.05) is 6.07 Å². The number of aryl methyl sites for hydroxylation is 2. The van der Waals surface area contributed by atoms with Gasteiger partial charge in [0.1, 0.15) is 5.82 Å². The third-order valence-electron chi connectivity index (χ3n) is 3.67. The van der Waals surface area contributed by atoms with Crippen molar-refractivity contribution in [3.63, 3.8) is 0 Å². The minimum Gasteiger partial charge on any atom is -0.297 e. The molecule has 1 heterocycles. The van der Waals surface area contributed by atoms with Crippen LogP contribution in [0.25, 0.3) is 0 Å². The number of carbonyl (C=O) groups is 1. The van der Waals surface area contributed by atoms with Crippen molar-refractivity contribution in [2.24, 2.45) is 0 Å². The summed E-state index contributed by atoms with van der Waals surface area (Å²) in [4.78, 5) is 19.7. The summed E-state index contributed by atoms with van der Waals surface area (Å²) in [7, 11) is 0. The highest BCUT2D eigenvalue weighted by atomic mass is 79.9. The molecule has 0 fully saturated rings. The Morgan fingerprint density at radius 1 is 1.22 bits per heavy atom. The normalized spacial score (nSPS) is 10.6. The molecule has 0 saturated carbocycles. The first kappa shape index (κ1) is 18.0. The maximum absolute atomic E-state index is 12.4. The zero-order valence-electron chi connectivity index (χ0n) is 13.7. The van der Waals surface area contributed by atoms with Crippen molar-refractivity contribution < 1.29 is 4.79 Å². The Bertz CT molecular complexity index is 673. The molecule has 0 atom stereocenters. The molecule has 1 amide bonds. The van der Waals surface area contributed by atoms with Crippen molar-refractivity contribution >= 4 is 39.4 Å². The summed E-state index contributed by atoms with van der Waals surface area (Å²) in [6.45, 7) is 6.82. The summed E-state index contributed by atoms with van der Waals surface area (Å²) in [5.41, 5.74) is 2.58. The van der Waals surface area contributed by atoms with Gasteiger partial charge in [-0.25, -0.2) is 4.98 Å². The van der Waals surface area contributed by atoms with Crippen LogP contribution in [0, 0.1) is 13.8 Å². The van der Waals surface area contributed by atoms with Gasteiger partial charge in [-0.15, -0.1) is 11.8 Å². The number of rotatable bonds is 6. The van der Waals surface area contributed by atoms with Crippen LogP contribution in [0.2, 0.25) is 0 Å². The smallest absolute Gasteiger partial charge is 0.228 e. The van der Waals surface area contributed by atoms with Gasteiger partial charge in [0.25, 0.3) is 0 Å². The van der Waals surface area contributed by atoms with E-state index in [9.17, 15) is 4.79 Å². The van der Waals surface area contributed by atoms with Gasteiger partial charge < -0.3 is 0 Å². The highest BCUT2D eigenvalue weighted by Gasteiger charge is 2.14. The van der Waals surface area contributed by atoms with Crippen LogP contribution >= 0.6 is 27.7 Å². The number of hydrogen-bond donors (Lipinski definition) is 0. The summed E-state index contributed by atoms with van der Waals surface area (Å²) >= 11 is 5.08. The first-order chi connectivity index (χ1) is 11.0. The number of hydrogen-bond acceptors (Lipinski definition) is 3. The lowest BCUT2D eigenvalue weighted by Gasteiger charge is -2.19. The zero-order chi connectivity index (χ0) is 16.8. The van der Waals surface area contributed by atoms with Gasteiger partial charge in [-0.05, 0) is 72.1 Å². The van der Waals surface area contributed by atoms with Gasteiger partial charge in [0.15, 0.2) is 0 Å². The molecule has 0 spiro atoms. The predicted octanol–water partition coefficient (Wildman–Crippen LogP) is 5.00. The lowest BCUT2D eigenvalue weighted by Crippen LogP contribution is -2.31. The molecule has 0 saturated heterocycles. The van der Waals surface area contributed by atoms with Crippen LogP contribution in [0.4, 0.5) is 5.82 Å². The van der Waals surface area contributed by atoms with E-state index in [1.54, 1.807) is 22.9 Å². The molecule has 1 aromatic carbocycles. The van der Waals surface area contributed by atoms with E-state index in [0.29, 0.717) is 18.8 Å². The number of anilines is 1. The number of thioether (sulfide) groups is 1. The molecule has 23 heavy (non-hydrogen) atoms. The molecular formula is C18H21BrN2OS. The van der Waals surface area contributed by atoms with Gasteiger partial charge >= 0.3 is 0 Å². The minimum absolute atomic E-state index is 0.110. The average molecular weight is 393 g/mol. The van der Waals surface area contributed by atoms with E-state index < -0.39 is 0 Å². The third-order valence-corrected chi connectivity index (χ3v) is 5.13. The van der Waals surface area contributed by atoms with Crippen LogP contribution in [-0.2, 0) is 4.79 Å². The zero-order valence-corrected chi connectivity index (χ0v) is 16.1. The van der Waals surface area contributed by atoms with E-state index in [1.165, 1.54) is 16.0 Å². The molecular weight excluding hydrogens is 372 g/mol. The molecule has 0 bridgehead atoms. The number of amides is 1. The summed E-state index contributed by atoms with van der Waals surface area (Å²) < 4.78 is 0.912. The number of halogens is 1. The van der Waals surface area contributed by atoms with Crippen LogP contribution in [0.1, 0.15) is 24.5 Å². The Morgan fingerprint density at radius 3 is 2.61 bits per heavy atom. The maximum Gasteiger partial charge on any atom is 0.228 e. The van der Waals surface area contributed by atoms with Crippen LogP contribution < -0.4 is 4.90 Å².